The number of benzene rings is 1. The Balaban J connectivity index is 1.98. The Labute approximate surface area is 93.3 Å². The lowest BCUT2D eigenvalue weighted by Gasteiger charge is -2.26. The largest absolute Gasteiger partial charge is 0.362 e. The molecule has 2 aliphatic rings. The molecule has 0 radical (unpaired) electrons. The minimum absolute atomic E-state index is 0.152. The Morgan fingerprint density at radius 2 is 1.94 bits per heavy atom. The summed E-state index contributed by atoms with van der Waals surface area (Å²) in [6.45, 7) is 2.56. The summed E-state index contributed by atoms with van der Waals surface area (Å²) in [5.74, 6) is -0.362. The van der Waals surface area contributed by atoms with E-state index >= 15 is 0 Å². The van der Waals surface area contributed by atoms with Gasteiger partial charge in [0.25, 0.3) is 0 Å². The summed E-state index contributed by atoms with van der Waals surface area (Å²) < 4.78 is 27.3. The first-order chi connectivity index (χ1) is 7.77. The summed E-state index contributed by atoms with van der Waals surface area (Å²) in [5.41, 5.74) is 0.152. The molecular weight excluding hydrogens is 210 g/mol. The number of rotatable bonds is 1. The third kappa shape index (κ3) is 1.40. The molecule has 1 N–H and O–H groups in total. The molecule has 2 fully saturated rings. The molecule has 4 heteroatoms. The number of fused-ring (bicyclic) bond motifs is 1. The zero-order valence-corrected chi connectivity index (χ0v) is 8.92. The van der Waals surface area contributed by atoms with Gasteiger partial charge in [0, 0.05) is 25.7 Å². The number of halogens is 2. The second kappa shape index (κ2) is 3.70. The third-order valence-electron chi connectivity index (χ3n) is 3.67. The average molecular weight is 224 g/mol. The Morgan fingerprint density at radius 1 is 1.19 bits per heavy atom. The highest BCUT2D eigenvalue weighted by Gasteiger charge is 2.39. The van der Waals surface area contributed by atoms with Gasteiger partial charge in [-0.1, -0.05) is 6.07 Å². The van der Waals surface area contributed by atoms with E-state index < -0.39 is 11.6 Å². The quantitative estimate of drug-likeness (QED) is 0.782. The summed E-state index contributed by atoms with van der Waals surface area (Å²) >= 11 is 0. The first-order valence-electron chi connectivity index (χ1n) is 5.69. The molecule has 0 bridgehead atoms. The van der Waals surface area contributed by atoms with Gasteiger partial charge in [0.2, 0.25) is 0 Å². The maximum absolute atomic E-state index is 13.7. The molecule has 2 nitrogen and oxygen atoms in total. The monoisotopic (exact) mass is 224 g/mol. The van der Waals surface area contributed by atoms with Crippen molar-refractivity contribution in [3.05, 3.63) is 29.8 Å². The number of nitrogens with one attached hydrogen (secondary N) is 1. The Morgan fingerprint density at radius 3 is 2.69 bits per heavy atom. The van der Waals surface area contributed by atoms with E-state index in [2.05, 4.69) is 5.32 Å². The van der Waals surface area contributed by atoms with Gasteiger partial charge in [-0.05, 0) is 24.5 Å². The van der Waals surface area contributed by atoms with Gasteiger partial charge in [0.05, 0.1) is 0 Å². The van der Waals surface area contributed by atoms with Crippen molar-refractivity contribution in [2.75, 3.05) is 24.5 Å². The first-order valence-corrected chi connectivity index (χ1v) is 5.69. The van der Waals surface area contributed by atoms with E-state index in [1.807, 2.05) is 4.90 Å². The molecule has 2 atom stereocenters. The van der Waals surface area contributed by atoms with Crippen molar-refractivity contribution in [3.63, 3.8) is 0 Å². The van der Waals surface area contributed by atoms with Crippen LogP contribution >= 0.6 is 0 Å². The smallest absolute Gasteiger partial charge is 0.149 e. The van der Waals surface area contributed by atoms with Crippen LogP contribution in [0.5, 0.6) is 0 Å². The highest BCUT2D eigenvalue weighted by molar-refractivity contribution is 5.51. The zero-order chi connectivity index (χ0) is 11.1. The first kappa shape index (κ1) is 10.0. The molecule has 0 spiro atoms. The SMILES string of the molecule is Fc1cccc(F)c1N1CCC2CNCC21. The lowest BCUT2D eigenvalue weighted by Crippen LogP contribution is -2.35. The average Bonchev–Trinajstić information content (AvgIpc) is 2.81. The molecule has 2 unspecified atom stereocenters. The highest BCUT2D eigenvalue weighted by Crippen LogP contribution is 2.34. The molecule has 1 aromatic carbocycles. The normalized spacial score (nSPS) is 28.5. The third-order valence-corrected chi connectivity index (χ3v) is 3.67. The number of para-hydroxylation sites is 1. The van der Waals surface area contributed by atoms with E-state index in [0.717, 1.165) is 26.1 Å². The van der Waals surface area contributed by atoms with E-state index in [-0.39, 0.29) is 11.7 Å². The summed E-state index contributed by atoms with van der Waals surface area (Å²) in [7, 11) is 0. The Hall–Kier alpha value is -1.16. The molecule has 1 aromatic rings. The van der Waals surface area contributed by atoms with Crippen molar-refractivity contribution in [2.45, 2.75) is 12.5 Å². The standard InChI is InChI=1S/C12H14F2N2/c13-9-2-1-3-10(14)12(9)16-5-4-8-6-15-7-11(8)16/h1-3,8,11,15H,4-7H2. The van der Waals surface area contributed by atoms with Crippen LogP contribution in [0.1, 0.15) is 6.42 Å². The molecule has 86 valence electrons. The van der Waals surface area contributed by atoms with Gasteiger partial charge in [-0.2, -0.15) is 0 Å². The van der Waals surface area contributed by atoms with E-state index in [0.29, 0.717) is 5.92 Å². The van der Waals surface area contributed by atoms with E-state index in [1.54, 1.807) is 0 Å². The summed E-state index contributed by atoms with van der Waals surface area (Å²) in [4.78, 5) is 1.88. The maximum Gasteiger partial charge on any atom is 0.149 e. The lowest BCUT2D eigenvalue weighted by atomic mass is 10.0. The number of hydrogen-bond donors (Lipinski definition) is 1. The van der Waals surface area contributed by atoms with Crippen LogP contribution in [0.3, 0.4) is 0 Å². The van der Waals surface area contributed by atoms with Crippen molar-refractivity contribution in [1.82, 2.24) is 5.32 Å². The van der Waals surface area contributed by atoms with Gasteiger partial charge in [0.1, 0.15) is 17.3 Å². The Bertz CT molecular complexity index is 388. The molecule has 2 saturated heterocycles. The second-order valence-corrected chi connectivity index (χ2v) is 4.54. The van der Waals surface area contributed by atoms with Gasteiger partial charge in [-0.25, -0.2) is 8.78 Å². The molecule has 3 rings (SSSR count). The summed E-state index contributed by atoms with van der Waals surface area (Å²) in [5, 5.41) is 3.28. The fourth-order valence-corrected chi connectivity index (χ4v) is 2.89. The van der Waals surface area contributed by atoms with Crippen molar-refractivity contribution in [2.24, 2.45) is 5.92 Å². The molecule has 16 heavy (non-hydrogen) atoms. The maximum atomic E-state index is 13.7. The minimum atomic E-state index is -0.451. The van der Waals surface area contributed by atoms with E-state index in [9.17, 15) is 8.78 Å². The number of anilines is 1. The lowest BCUT2D eigenvalue weighted by molar-refractivity contribution is 0.549. The summed E-state index contributed by atoms with van der Waals surface area (Å²) in [6, 6.07) is 4.32. The second-order valence-electron chi connectivity index (χ2n) is 4.54. The molecule has 2 heterocycles. The predicted molar refractivity (Wildman–Crippen MR) is 58.5 cm³/mol. The van der Waals surface area contributed by atoms with Gasteiger partial charge < -0.3 is 10.2 Å². The molecule has 0 amide bonds. The van der Waals surface area contributed by atoms with Crippen LogP contribution in [0.2, 0.25) is 0 Å². The predicted octanol–water partition coefficient (Wildman–Crippen LogP) is 1.76. The molecular formula is C12H14F2N2. The van der Waals surface area contributed by atoms with Crippen LogP contribution in [-0.4, -0.2) is 25.7 Å². The number of nitrogens with zero attached hydrogens (tertiary/aromatic N) is 1. The molecule has 0 aromatic heterocycles. The van der Waals surface area contributed by atoms with Crippen LogP contribution < -0.4 is 10.2 Å². The van der Waals surface area contributed by atoms with Crippen LogP contribution in [0.25, 0.3) is 0 Å². The highest BCUT2D eigenvalue weighted by atomic mass is 19.1. The van der Waals surface area contributed by atoms with Crippen LogP contribution in [0.15, 0.2) is 18.2 Å². The van der Waals surface area contributed by atoms with E-state index in [4.69, 9.17) is 0 Å². The van der Waals surface area contributed by atoms with Crippen LogP contribution in [0.4, 0.5) is 14.5 Å². The van der Waals surface area contributed by atoms with Crippen molar-refractivity contribution < 1.29 is 8.78 Å². The zero-order valence-electron chi connectivity index (χ0n) is 8.92. The number of hydrogen-bond acceptors (Lipinski definition) is 2. The van der Waals surface area contributed by atoms with Crippen molar-refractivity contribution >= 4 is 5.69 Å². The molecule has 0 aliphatic carbocycles. The topological polar surface area (TPSA) is 15.3 Å². The van der Waals surface area contributed by atoms with Crippen molar-refractivity contribution in [1.29, 1.82) is 0 Å². The fraction of sp³-hybridized carbons (Fsp3) is 0.500. The van der Waals surface area contributed by atoms with Gasteiger partial charge >= 0.3 is 0 Å². The van der Waals surface area contributed by atoms with Crippen molar-refractivity contribution in [3.8, 4) is 0 Å². The molecule has 2 aliphatic heterocycles. The fourth-order valence-electron chi connectivity index (χ4n) is 2.89. The van der Waals surface area contributed by atoms with Crippen LogP contribution in [-0.2, 0) is 0 Å². The Kier molecular flexibility index (Phi) is 2.32. The van der Waals surface area contributed by atoms with E-state index in [1.165, 1.54) is 18.2 Å². The van der Waals surface area contributed by atoms with Gasteiger partial charge in [0.15, 0.2) is 0 Å². The van der Waals surface area contributed by atoms with Gasteiger partial charge in [-0.3, -0.25) is 0 Å². The van der Waals surface area contributed by atoms with Gasteiger partial charge in [-0.15, -0.1) is 0 Å². The molecule has 0 saturated carbocycles. The minimum Gasteiger partial charge on any atom is -0.362 e. The van der Waals surface area contributed by atoms with Crippen LogP contribution in [0, 0.1) is 17.6 Å². The summed E-state index contributed by atoms with van der Waals surface area (Å²) in [6.07, 6.45) is 1.02.